The van der Waals surface area contributed by atoms with E-state index in [1.54, 1.807) is 0 Å². The normalized spacial score (nSPS) is 14.1. The summed E-state index contributed by atoms with van der Waals surface area (Å²) in [5.41, 5.74) is 0. The highest BCUT2D eigenvalue weighted by Crippen LogP contribution is 2.43. The van der Waals surface area contributed by atoms with E-state index in [0.717, 1.165) is 83.5 Å². The van der Waals surface area contributed by atoms with Crippen LogP contribution in [0.5, 0.6) is 0 Å². The number of quaternary nitrogens is 1. The summed E-state index contributed by atoms with van der Waals surface area (Å²) in [6.07, 6.45) is 28.0. The van der Waals surface area contributed by atoms with E-state index in [2.05, 4.69) is 38.2 Å². The molecule has 0 rings (SSSR count). The molecule has 0 aromatic heterocycles. The van der Waals surface area contributed by atoms with E-state index >= 15 is 0 Å². The maximum atomic E-state index is 12.6. The Kier molecular flexibility index (Phi) is 28.6. The van der Waals surface area contributed by atoms with Crippen molar-refractivity contribution >= 4 is 19.8 Å². The van der Waals surface area contributed by atoms with E-state index < -0.39 is 26.5 Å². The maximum Gasteiger partial charge on any atom is 0.472 e. The molecular weight excluding hydrogens is 605 g/mol. The lowest BCUT2D eigenvalue weighted by Gasteiger charge is -2.24. The highest BCUT2D eigenvalue weighted by Gasteiger charge is 2.27. The van der Waals surface area contributed by atoms with Crippen LogP contribution in [-0.2, 0) is 32.7 Å². The average molecular weight is 675 g/mol. The molecule has 0 aromatic carbocycles. The maximum absolute atomic E-state index is 12.6. The van der Waals surface area contributed by atoms with Gasteiger partial charge in [0.05, 0.1) is 27.7 Å². The molecule has 0 aliphatic heterocycles. The highest BCUT2D eigenvalue weighted by atomic mass is 31.2. The van der Waals surface area contributed by atoms with Crippen LogP contribution < -0.4 is 0 Å². The van der Waals surface area contributed by atoms with Crippen LogP contribution in [0.4, 0.5) is 0 Å². The van der Waals surface area contributed by atoms with Crippen molar-refractivity contribution in [3.8, 4) is 0 Å². The lowest BCUT2D eigenvalue weighted by Crippen LogP contribution is -2.37. The van der Waals surface area contributed by atoms with Crippen LogP contribution in [0.15, 0.2) is 24.3 Å². The van der Waals surface area contributed by atoms with Crippen molar-refractivity contribution in [2.45, 2.75) is 148 Å². The number of allylic oxidation sites excluding steroid dienone is 4. The highest BCUT2D eigenvalue weighted by molar-refractivity contribution is 7.47. The van der Waals surface area contributed by atoms with Gasteiger partial charge >= 0.3 is 19.8 Å². The Morgan fingerprint density at radius 2 is 1.11 bits per heavy atom. The number of hydrogen-bond donors (Lipinski definition) is 1. The summed E-state index contributed by atoms with van der Waals surface area (Å²) in [5, 5.41) is 0. The fraction of sp³-hybridized carbons (Fsp3) is 0.833. The van der Waals surface area contributed by atoms with E-state index in [1.165, 1.54) is 25.7 Å². The number of ether oxygens (including phenoxy) is 2. The van der Waals surface area contributed by atoms with Crippen molar-refractivity contribution in [2.24, 2.45) is 0 Å². The van der Waals surface area contributed by atoms with Gasteiger partial charge in [-0.2, -0.15) is 0 Å². The molecule has 0 fully saturated rings. The third-order valence-electron chi connectivity index (χ3n) is 7.45. The number of carbonyl (C=O) groups is 2. The van der Waals surface area contributed by atoms with E-state index in [4.69, 9.17) is 18.5 Å². The number of phosphoric acid groups is 1. The van der Waals surface area contributed by atoms with Gasteiger partial charge in [0.15, 0.2) is 6.10 Å². The van der Waals surface area contributed by atoms with Crippen LogP contribution in [0.1, 0.15) is 142 Å². The molecule has 0 spiro atoms. The second-order valence-electron chi connectivity index (χ2n) is 13.2. The first kappa shape index (κ1) is 44.5. The summed E-state index contributed by atoms with van der Waals surface area (Å²) in [7, 11) is 1.46. The molecule has 10 heteroatoms. The van der Waals surface area contributed by atoms with Gasteiger partial charge in [-0.3, -0.25) is 18.6 Å². The molecule has 270 valence electrons. The number of esters is 2. The second-order valence-corrected chi connectivity index (χ2v) is 14.7. The number of phosphoric ester groups is 1. The zero-order valence-electron chi connectivity index (χ0n) is 30.1. The minimum atomic E-state index is -4.36. The average Bonchev–Trinajstić information content (AvgIpc) is 2.99. The van der Waals surface area contributed by atoms with Crippen molar-refractivity contribution in [1.29, 1.82) is 0 Å². The van der Waals surface area contributed by atoms with Gasteiger partial charge in [0.2, 0.25) is 0 Å². The lowest BCUT2D eigenvalue weighted by atomic mass is 10.1. The first-order valence-corrected chi connectivity index (χ1v) is 19.6. The number of rotatable bonds is 32. The monoisotopic (exact) mass is 674 g/mol. The minimum Gasteiger partial charge on any atom is -0.462 e. The van der Waals surface area contributed by atoms with Crippen LogP contribution in [0.3, 0.4) is 0 Å². The van der Waals surface area contributed by atoms with Gasteiger partial charge in [-0.1, -0.05) is 102 Å². The summed E-state index contributed by atoms with van der Waals surface area (Å²) >= 11 is 0. The fourth-order valence-electron chi connectivity index (χ4n) is 4.50. The summed E-state index contributed by atoms with van der Waals surface area (Å²) in [6, 6.07) is 0. The first-order valence-electron chi connectivity index (χ1n) is 18.1. The van der Waals surface area contributed by atoms with Crippen LogP contribution in [0, 0.1) is 0 Å². The smallest absolute Gasteiger partial charge is 0.462 e. The summed E-state index contributed by atoms with van der Waals surface area (Å²) in [4.78, 5) is 35.0. The Morgan fingerprint density at radius 3 is 1.61 bits per heavy atom. The van der Waals surface area contributed by atoms with Gasteiger partial charge in [-0.15, -0.1) is 0 Å². The molecule has 0 aliphatic rings. The number of carbonyl (C=O) groups excluding carboxylic acids is 2. The third kappa shape index (κ3) is 32.4. The molecule has 46 heavy (non-hydrogen) atoms. The van der Waals surface area contributed by atoms with Gasteiger partial charge < -0.3 is 18.9 Å². The third-order valence-corrected chi connectivity index (χ3v) is 8.44. The molecule has 9 nitrogen and oxygen atoms in total. The second kappa shape index (κ2) is 29.6. The number of likely N-dealkylation sites (N-methyl/N-ethyl adjacent to an activating group) is 1. The molecule has 0 saturated carbocycles. The molecule has 0 aromatic rings. The summed E-state index contributed by atoms with van der Waals surface area (Å²) < 4.78 is 34.0. The standard InChI is InChI=1S/C36H68NO8P/c1-6-8-10-12-14-16-18-20-22-24-26-28-35(38)42-32-34(33-44-46(40,41)43-31-30-37(3,4)5)45-36(39)29-27-25-23-21-19-17-15-13-11-9-7-2/h12-15,34H,6-11,16-33H2,1-5H3/p+1/t34-/m1/s1. The van der Waals surface area contributed by atoms with E-state index in [1.807, 2.05) is 21.1 Å². The van der Waals surface area contributed by atoms with Crippen LogP contribution in [0.2, 0.25) is 0 Å². The molecule has 0 heterocycles. The Bertz CT molecular complexity index is 855. The molecular formula is C36H69NO8P+. The lowest BCUT2D eigenvalue weighted by molar-refractivity contribution is -0.870. The van der Waals surface area contributed by atoms with E-state index in [0.29, 0.717) is 17.4 Å². The largest absolute Gasteiger partial charge is 0.472 e. The van der Waals surface area contributed by atoms with E-state index in [-0.39, 0.29) is 32.0 Å². The number of unbranched alkanes of at least 4 members (excludes halogenated alkanes) is 14. The van der Waals surface area contributed by atoms with Gasteiger partial charge in [-0.05, 0) is 51.4 Å². The van der Waals surface area contributed by atoms with Crippen LogP contribution >= 0.6 is 7.82 Å². The predicted octanol–water partition coefficient (Wildman–Crippen LogP) is 9.24. The minimum absolute atomic E-state index is 0.0293. The molecule has 0 saturated heterocycles. The van der Waals surface area contributed by atoms with Crippen molar-refractivity contribution in [3.63, 3.8) is 0 Å². The van der Waals surface area contributed by atoms with Crippen molar-refractivity contribution < 1.29 is 42.1 Å². The molecule has 1 unspecified atom stereocenters. The van der Waals surface area contributed by atoms with Gasteiger partial charge in [0.25, 0.3) is 0 Å². The molecule has 0 aliphatic carbocycles. The van der Waals surface area contributed by atoms with Gasteiger partial charge in [0, 0.05) is 12.8 Å². The zero-order chi connectivity index (χ0) is 34.4. The van der Waals surface area contributed by atoms with Crippen molar-refractivity contribution in [1.82, 2.24) is 0 Å². The van der Waals surface area contributed by atoms with Crippen LogP contribution in [-0.4, -0.2) is 74.9 Å². The van der Waals surface area contributed by atoms with Crippen molar-refractivity contribution in [3.05, 3.63) is 24.3 Å². The van der Waals surface area contributed by atoms with Crippen molar-refractivity contribution in [2.75, 3.05) is 47.5 Å². The molecule has 0 amide bonds. The molecule has 2 atom stereocenters. The molecule has 0 radical (unpaired) electrons. The zero-order valence-corrected chi connectivity index (χ0v) is 31.0. The first-order chi connectivity index (χ1) is 22.0. The Morgan fingerprint density at radius 1 is 0.652 bits per heavy atom. The van der Waals surface area contributed by atoms with Crippen LogP contribution in [0.25, 0.3) is 0 Å². The molecule has 1 N–H and O–H groups in total. The SMILES string of the molecule is CCCCC=CCCCCCCCC(=O)OC[C@H](COP(=O)(O)OCC[N+](C)(C)C)OC(=O)CCCCCCCC=CCCCC. The molecule has 0 bridgehead atoms. The Hall–Kier alpha value is -1.51. The quantitative estimate of drug-likeness (QED) is 0.0247. The van der Waals surface area contributed by atoms with E-state index in [9.17, 15) is 19.0 Å². The summed E-state index contributed by atoms with van der Waals surface area (Å²) in [5.74, 6) is -0.825. The number of hydrogen-bond acceptors (Lipinski definition) is 7. The summed E-state index contributed by atoms with van der Waals surface area (Å²) in [6.45, 7) is 4.29. The number of nitrogens with zero attached hydrogens (tertiary/aromatic N) is 1. The fourth-order valence-corrected chi connectivity index (χ4v) is 5.24. The Labute approximate surface area is 281 Å². The van der Waals surface area contributed by atoms with Gasteiger partial charge in [-0.25, -0.2) is 4.57 Å². The Balaban J connectivity index is 4.50. The van der Waals surface area contributed by atoms with Gasteiger partial charge in [0.1, 0.15) is 19.8 Å². The topological polar surface area (TPSA) is 108 Å². The predicted molar refractivity (Wildman–Crippen MR) is 187 cm³/mol.